The fourth-order valence-corrected chi connectivity index (χ4v) is 3.33. The van der Waals surface area contributed by atoms with Gasteiger partial charge < -0.3 is 9.84 Å². The number of aryl methyl sites for hydroxylation is 4. The minimum atomic E-state index is -0.283. The maximum Gasteiger partial charge on any atom is 0.296 e. The standard InChI is InChI=1S/C21H26N4O3/c1-14(11-12-17-8-5-4-6-9-17)22-18(26)10-7-13-25-21(27)20-19(15(2)23-25)16(3)28-24-20/h4-6,8-9,14H,7,10-13H2,1-3H3,(H,22,26)/t14-/m1/s1. The monoisotopic (exact) mass is 382 g/mol. The highest BCUT2D eigenvalue weighted by atomic mass is 16.5. The topological polar surface area (TPSA) is 90.0 Å². The van der Waals surface area contributed by atoms with Crippen LogP contribution < -0.4 is 10.9 Å². The summed E-state index contributed by atoms with van der Waals surface area (Å²) in [6, 6.07) is 10.3. The Morgan fingerprint density at radius 3 is 2.75 bits per heavy atom. The Kier molecular flexibility index (Phi) is 6.23. The zero-order valence-electron chi connectivity index (χ0n) is 16.6. The SMILES string of the molecule is Cc1nn(CCCC(=O)N[C@H](C)CCc2ccccc2)c(=O)c2noc(C)c12. The fraction of sp³-hybridized carbons (Fsp3) is 0.429. The summed E-state index contributed by atoms with van der Waals surface area (Å²) in [6.45, 7) is 5.96. The van der Waals surface area contributed by atoms with Crippen LogP contribution in [0.4, 0.5) is 0 Å². The highest BCUT2D eigenvalue weighted by Gasteiger charge is 2.15. The van der Waals surface area contributed by atoms with Gasteiger partial charge >= 0.3 is 0 Å². The zero-order chi connectivity index (χ0) is 20.1. The van der Waals surface area contributed by atoms with E-state index in [4.69, 9.17) is 4.52 Å². The molecule has 0 aliphatic rings. The third-order valence-electron chi connectivity index (χ3n) is 4.82. The van der Waals surface area contributed by atoms with Gasteiger partial charge in [0.1, 0.15) is 5.76 Å². The Morgan fingerprint density at radius 1 is 1.25 bits per heavy atom. The molecule has 0 fully saturated rings. The number of aromatic nitrogens is 3. The van der Waals surface area contributed by atoms with Crippen LogP contribution in [0.1, 0.15) is 43.2 Å². The minimum absolute atomic E-state index is 0.0105. The van der Waals surface area contributed by atoms with E-state index < -0.39 is 0 Å². The molecule has 3 rings (SSSR count). The molecule has 0 aliphatic heterocycles. The molecule has 3 aromatic rings. The lowest BCUT2D eigenvalue weighted by atomic mass is 10.1. The lowest BCUT2D eigenvalue weighted by molar-refractivity contribution is -0.121. The maximum atomic E-state index is 12.4. The van der Waals surface area contributed by atoms with Gasteiger partial charge in [0.2, 0.25) is 5.91 Å². The molecule has 7 nitrogen and oxygen atoms in total. The van der Waals surface area contributed by atoms with E-state index >= 15 is 0 Å². The van der Waals surface area contributed by atoms with Crippen molar-refractivity contribution in [1.29, 1.82) is 0 Å². The molecule has 0 radical (unpaired) electrons. The number of hydrogen-bond acceptors (Lipinski definition) is 5. The number of amides is 1. The average molecular weight is 382 g/mol. The Labute approximate surface area is 163 Å². The summed E-state index contributed by atoms with van der Waals surface area (Å²) >= 11 is 0. The summed E-state index contributed by atoms with van der Waals surface area (Å²) in [7, 11) is 0. The third-order valence-corrected chi connectivity index (χ3v) is 4.82. The Bertz CT molecular complexity index is 1010. The molecule has 0 unspecified atom stereocenters. The Balaban J connectivity index is 1.48. The molecular formula is C21H26N4O3. The Morgan fingerprint density at radius 2 is 2.00 bits per heavy atom. The summed E-state index contributed by atoms with van der Waals surface area (Å²) in [5.74, 6) is 0.580. The van der Waals surface area contributed by atoms with E-state index in [1.54, 1.807) is 6.92 Å². The summed E-state index contributed by atoms with van der Waals surface area (Å²) in [5, 5.41) is 11.9. The molecule has 1 aromatic carbocycles. The first-order chi connectivity index (χ1) is 13.5. The second kappa shape index (κ2) is 8.82. The zero-order valence-corrected chi connectivity index (χ0v) is 16.6. The van der Waals surface area contributed by atoms with Crippen molar-refractivity contribution in [2.24, 2.45) is 0 Å². The van der Waals surface area contributed by atoms with Crippen LogP contribution in [0.3, 0.4) is 0 Å². The molecule has 1 N–H and O–H groups in total. The normalized spacial score (nSPS) is 12.2. The van der Waals surface area contributed by atoms with E-state index in [2.05, 4.69) is 27.7 Å². The first-order valence-electron chi connectivity index (χ1n) is 9.62. The van der Waals surface area contributed by atoms with Crippen molar-refractivity contribution in [3.8, 4) is 0 Å². The van der Waals surface area contributed by atoms with Crippen molar-refractivity contribution in [3.63, 3.8) is 0 Å². The predicted octanol–water partition coefficient (Wildman–Crippen LogP) is 2.92. The molecule has 0 bridgehead atoms. The first-order valence-corrected chi connectivity index (χ1v) is 9.62. The second-order valence-electron chi connectivity index (χ2n) is 7.17. The predicted molar refractivity (Wildman–Crippen MR) is 107 cm³/mol. The first kappa shape index (κ1) is 19.8. The second-order valence-corrected chi connectivity index (χ2v) is 7.17. The van der Waals surface area contributed by atoms with Gasteiger partial charge in [-0.05, 0) is 45.6 Å². The highest BCUT2D eigenvalue weighted by Crippen LogP contribution is 2.16. The third kappa shape index (κ3) is 4.65. The number of rotatable bonds is 8. The van der Waals surface area contributed by atoms with Gasteiger partial charge in [0.15, 0.2) is 5.52 Å². The van der Waals surface area contributed by atoms with Crippen LogP contribution in [0.2, 0.25) is 0 Å². The lowest BCUT2D eigenvalue weighted by Crippen LogP contribution is -2.33. The average Bonchev–Trinajstić information content (AvgIpc) is 3.07. The van der Waals surface area contributed by atoms with Crippen molar-refractivity contribution >= 4 is 16.8 Å². The molecule has 0 saturated carbocycles. The van der Waals surface area contributed by atoms with E-state index in [0.717, 1.165) is 12.8 Å². The fourth-order valence-electron chi connectivity index (χ4n) is 3.33. The summed E-state index contributed by atoms with van der Waals surface area (Å²) in [6.07, 6.45) is 2.70. The molecule has 0 saturated heterocycles. The van der Waals surface area contributed by atoms with Crippen LogP contribution in [0.25, 0.3) is 10.9 Å². The van der Waals surface area contributed by atoms with Gasteiger partial charge in [0.05, 0.1) is 11.1 Å². The lowest BCUT2D eigenvalue weighted by Gasteiger charge is -2.14. The smallest absolute Gasteiger partial charge is 0.296 e. The van der Waals surface area contributed by atoms with Crippen molar-refractivity contribution < 1.29 is 9.32 Å². The van der Waals surface area contributed by atoms with Gasteiger partial charge in [-0.3, -0.25) is 9.59 Å². The summed E-state index contributed by atoms with van der Waals surface area (Å²) < 4.78 is 6.47. The van der Waals surface area contributed by atoms with Gasteiger partial charge in [0, 0.05) is 19.0 Å². The molecule has 1 atom stereocenters. The van der Waals surface area contributed by atoms with E-state index in [-0.39, 0.29) is 17.5 Å². The van der Waals surface area contributed by atoms with Gasteiger partial charge in [-0.1, -0.05) is 35.5 Å². The number of fused-ring (bicyclic) bond motifs is 1. The van der Waals surface area contributed by atoms with Gasteiger partial charge in [-0.25, -0.2) is 4.68 Å². The summed E-state index contributed by atoms with van der Waals surface area (Å²) in [4.78, 5) is 24.6. The number of nitrogens with one attached hydrogen (secondary N) is 1. The molecule has 148 valence electrons. The van der Waals surface area contributed by atoms with Crippen LogP contribution in [-0.4, -0.2) is 26.9 Å². The molecule has 0 spiro atoms. The quantitative estimate of drug-likeness (QED) is 0.647. The molecule has 7 heteroatoms. The number of benzene rings is 1. The number of hydrogen-bond donors (Lipinski definition) is 1. The van der Waals surface area contributed by atoms with Crippen LogP contribution in [0, 0.1) is 13.8 Å². The van der Waals surface area contributed by atoms with Crippen molar-refractivity contribution in [3.05, 3.63) is 57.7 Å². The molecule has 28 heavy (non-hydrogen) atoms. The van der Waals surface area contributed by atoms with Gasteiger partial charge in [-0.15, -0.1) is 0 Å². The van der Waals surface area contributed by atoms with Crippen molar-refractivity contribution in [2.45, 2.75) is 59.0 Å². The van der Waals surface area contributed by atoms with E-state index in [0.29, 0.717) is 41.7 Å². The molecule has 1 amide bonds. The Hall–Kier alpha value is -2.96. The number of carbonyl (C=O) groups is 1. The van der Waals surface area contributed by atoms with Crippen LogP contribution in [0.15, 0.2) is 39.6 Å². The van der Waals surface area contributed by atoms with Gasteiger partial charge in [0.25, 0.3) is 5.56 Å². The van der Waals surface area contributed by atoms with E-state index in [1.165, 1.54) is 10.2 Å². The molecule has 0 aliphatic carbocycles. The molecule has 2 heterocycles. The molecular weight excluding hydrogens is 356 g/mol. The molecule has 2 aromatic heterocycles. The summed E-state index contributed by atoms with van der Waals surface area (Å²) in [5.41, 5.74) is 1.98. The highest BCUT2D eigenvalue weighted by molar-refractivity contribution is 5.81. The van der Waals surface area contributed by atoms with E-state index in [1.807, 2.05) is 32.0 Å². The van der Waals surface area contributed by atoms with Gasteiger partial charge in [-0.2, -0.15) is 5.10 Å². The van der Waals surface area contributed by atoms with E-state index in [9.17, 15) is 9.59 Å². The van der Waals surface area contributed by atoms with Crippen LogP contribution in [-0.2, 0) is 17.8 Å². The minimum Gasteiger partial charge on any atom is -0.360 e. The van der Waals surface area contributed by atoms with Crippen molar-refractivity contribution in [1.82, 2.24) is 20.3 Å². The van der Waals surface area contributed by atoms with Crippen LogP contribution >= 0.6 is 0 Å². The van der Waals surface area contributed by atoms with Crippen molar-refractivity contribution in [2.75, 3.05) is 0 Å². The number of nitrogens with zero attached hydrogens (tertiary/aromatic N) is 3. The maximum absolute atomic E-state index is 12.4. The number of carbonyl (C=O) groups excluding carboxylic acids is 1. The van der Waals surface area contributed by atoms with Crippen LogP contribution in [0.5, 0.6) is 0 Å². The largest absolute Gasteiger partial charge is 0.360 e.